The van der Waals surface area contributed by atoms with Gasteiger partial charge in [-0.15, -0.1) is 0 Å². The second kappa shape index (κ2) is 4.53. The van der Waals surface area contributed by atoms with Crippen molar-refractivity contribution in [3.05, 3.63) is 53.1 Å². The molecule has 0 aliphatic rings. The van der Waals surface area contributed by atoms with Gasteiger partial charge in [-0.25, -0.2) is 4.79 Å². The van der Waals surface area contributed by atoms with Crippen LogP contribution in [0.5, 0.6) is 5.75 Å². The minimum absolute atomic E-state index is 0.302. The molecule has 1 aromatic heterocycles. The van der Waals surface area contributed by atoms with Crippen molar-refractivity contribution in [2.45, 2.75) is 0 Å². The van der Waals surface area contributed by atoms with E-state index < -0.39 is 5.63 Å². The molecule has 0 unspecified atom stereocenters. The van der Waals surface area contributed by atoms with Gasteiger partial charge in [-0.1, -0.05) is 18.2 Å². The fourth-order valence-electron chi connectivity index (χ4n) is 1.35. The topological polar surface area (TPSA) is 51.5 Å². The SMILES string of the molecule is COc1ccoc(=O)c1Nc1ccccc1. The van der Waals surface area contributed by atoms with Gasteiger partial charge in [0.1, 0.15) is 0 Å². The number of hydrogen-bond donors (Lipinski definition) is 1. The lowest BCUT2D eigenvalue weighted by molar-refractivity contribution is 0.405. The van der Waals surface area contributed by atoms with Crippen LogP contribution in [0.25, 0.3) is 0 Å². The van der Waals surface area contributed by atoms with E-state index in [-0.39, 0.29) is 0 Å². The Morgan fingerprint density at radius 3 is 2.62 bits per heavy atom. The average molecular weight is 217 g/mol. The number of hydrogen-bond acceptors (Lipinski definition) is 4. The molecular formula is C12H11NO3. The summed E-state index contributed by atoms with van der Waals surface area (Å²) in [5, 5.41) is 2.96. The first-order chi connectivity index (χ1) is 7.81. The standard InChI is InChI=1S/C12H11NO3/c1-15-10-7-8-16-12(14)11(10)13-9-5-3-2-4-6-9/h2-8,13H,1H3. The average Bonchev–Trinajstić information content (AvgIpc) is 2.33. The molecule has 0 fully saturated rings. The van der Waals surface area contributed by atoms with Crippen LogP contribution in [-0.2, 0) is 0 Å². The predicted octanol–water partition coefficient (Wildman–Crippen LogP) is 2.39. The molecule has 16 heavy (non-hydrogen) atoms. The molecule has 1 aromatic carbocycles. The van der Waals surface area contributed by atoms with Gasteiger partial charge in [-0.2, -0.15) is 0 Å². The number of ether oxygens (including phenoxy) is 1. The first-order valence-electron chi connectivity index (χ1n) is 4.79. The summed E-state index contributed by atoms with van der Waals surface area (Å²) in [7, 11) is 1.50. The molecule has 0 spiro atoms. The van der Waals surface area contributed by atoms with E-state index in [9.17, 15) is 4.79 Å². The van der Waals surface area contributed by atoms with Gasteiger partial charge in [0.2, 0.25) is 0 Å². The number of rotatable bonds is 3. The van der Waals surface area contributed by atoms with Crippen molar-refractivity contribution in [1.29, 1.82) is 0 Å². The van der Waals surface area contributed by atoms with Crippen molar-refractivity contribution in [3.8, 4) is 5.75 Å². The van der Waals surface area contributed by atoms with Crippen LogP contribution in [0.2, 0.25) is 0 Å². The van der Waals surface area contributed by atoms with Gasteiger partial charge in [-0.05, 0) is 12.1 Å². The van der Waals surface area contributed by atoms with Crippen LogP contribution in [0.3, 0.4) is 0 Å². The smallest absolute Gasteiger partial charge is 0.363 e. The lowest BCUT2D eigenvalue weighted by Gasteiger charge is -2.08. The molecule has 0 radical (unpaired) electrons. The molecular weight excluding hydrogens is 206 g/mol. The number of benzene rings is 1. The third-order valence-corrected chi connectivity index (χ3v) is 2.11. The Kier molecular flexibility index (Phi) is 2.91. The van der Waals surface area contributed by atoms with Crippen molar-refractivity contribution in [2.75, 3.05) is 12.4 Å². The quantitative estimate of drug-likeness (QED) is 0.857. The number of methoxy groups -OCH3 is 1. The van der Waals surface area contributed by atoms with Gasteiger partial charge in [0, 0.05) is 11.8 Å². The van der Waals surface area contributed by atoms with Crippen LogP contribution < -0.4 is 15.7 Å². The number of para-hydroxylation sites is 1. The van der Waals surface area contributed by atoms with E-state index in [1.807, 2.05) is 30.3 Å². The highest BCUT2D eigenvalue weighted by atomic mass is 16.5. The zero-order valence-electron chi connectivity index (χ0n) is 8.77. The zero-order valence-corrected chi connectivity index (χ0v) is 8.77. The normalized spacial score (nSPS) is 9.81. The summed E-state index contributed by atoms with van der Waals surface area (Å²) in [4.78, 5) is 11.5. The van der Waals surface area contributed by atoms with Gasteiger partial charge in [0.25, 0.3) is 0 Å². The second-order valence-corrected chi connectivity index (χ2v) is 3.14. The van der Waals surface area contributed by atoms with E-state index in [2.05, 4.69) is 5.32 Å². The summed E-state index contributed by atoms with van der Waals surface area (Å²) in [6.07, 6.45) is 1.30. The monoisotopic (exact) mass is 217 g/mol. The Morgan fingerprint density at radius 2 is 1.94 bits per heavy atom. The fourth-order valence-corrected chi connectivity index (χ4v) is 1.35. The predicted molar refractivity (Wildman–Crippen MR) is 61.3 cm³/mol. The third-order valence-electron chi connectivity index (χ3n) is 2.11. The summed E-state index contributed by atoms with van der Waals surface area (Å²) in [5.41, 5.74) is 0.652. The van der Waals surface area contributed by atoms with E-state index in [0.717, 1.165) is 5.69 Å². The molecule has 0 aliphatic carbocycles. The van der Waals surface area contributed by atoms with E-state index in [4.69, 9.17) is 9.15 Å². The highest BCUT2D eigenvalue weighted by Gasteiger charge is 2.08. The van der Waals surface area contributed by atoms with Gasteiger partial charge >= 0.3 is 5.63 Å². The maximum absolute atomic E-state index is 11.5. The number of anilines is 2. The second-order valence-electron chi connectivity index (χ2n) is 3.14. The van der Waals surface area contributed by atoms with Crippen LogP contribution in [-0.4, -0.2) is 7.11 Å². The summed E-state index contributed by atoms with van der Waals surface area (Å²) in [5.74, 6) is 0.458. The van der Waals surface area contributed by atoms with Crippen LogP contribution >= 0.6 is 0 Å². The van der Waals surface area contributed by atoms with Crippen LogP contribution in [0.1, 0.15) is 0 Å². The molecule has 1 heterocycles. The Morgan fingerprint density at radius 1 is 1.19 bits per heavy atom. The minimum atomic E-state index is -0.455. The largest absolute Gasteiger partial charge is 0.494 e. The highest BCUT2D eigenvalue weighted by Crippen LogP contribution is 2.22. The van der Waals surface area contributed by atoms with Crippen molar-refractivity contribution < 1.29 is 9.15 Å². The fraction of sp³-hybridized carbons (Fsp3) is 0.0833. The zero-order chi connectivity index (χ0) is 11.4. The van der Waals surface area contributed by atoms with E-state index in [1.165, 1.54) is 13.4 Å². The molecule has 0 saturated carbocycles. The molecule has 0 amide bonds. The van der Waals surface area contributed by atoms with Gasteiger partial charge < -0.3 is 14.5 Å². The highest BCUT2D eigenvalue weighted by molar-refractivity contribution is 5.64. The van der Waals surface area contributed by atoms with E-state index in [0.29, 0.717) is 11.4 Å². The molecule has 4 nitrogen and oxygen atoms in total. The van der Waals surface area contributed by atoms with Gasteiger partial charge in [0.15, 0.2) is 11.4 Å². The third kappa shape index (κ3) is 2.06. The molecule has 0 atom stereocenters. The Labute approximate surface area is 92.5 Å². The minimum Gasteiger partial charge on any atom is -0.494 e. The van der Waals surface area contributed by atoms with E-state index >= 15 is 0 Å². The molecule has 0 bridgehead atoms. The van der Waals surface area contributed by atoms with Gasteiger partial charge in [0.05, 0.1) is 13.4 Å². The summed E-state index contributed by atoms with van der Waals surface area (Å²) >= 11 is 0. The van der Waals surface area contributed by atoms with Crippen LogP contribution in [0, 0.1) is 0 Å². The lowest BCUT2D eigenvalue weighted by atomic mass is 10.3. The first-order valence-corrected chi connectivity index (χ1v) is 4.79. The van der Waals surface area contributed by atoms with Crippen molar-refractivity contribution in [2.24, 2.45) is 0 Å². The summed E-state index contributed by atoms with van der Waals surface area (Å²) in [6, 6.07) is 10.9. The van der Waals surface area contributed by atoms with E-state index in [1.54, 1.807) is 6.07 Å². The molecule has 0 saturated heterocycles. The van der Waals surface area contributed by atoms with Crippen LogP contribution in [0.4, 0.5) is 11.4 Å². The molecule has 2 rings (SSSR count). The first kappa shape index (κ1) is 10.3. The molecule has 0 aliphatic heterocycles. The lowest BCUT2D eigenvalue weighted by Crippen LogP contribution is -2.08. The van der Waals surface area contributed by atoms with Crippen molar-refractivity contribution in [3.63, 3.8) is 0 Å². The molecule has 82 valence electrons. The Balaban J connectivity index is 2.38. The number of nitrogens with one attached hydrogen (secondary N) is 1. The van der Waals surface area contributed by atoms with Gasteiger partial charge in [-0.3, -0.25) is 0 Å². The molecule has 2 aromatic rings. The maximum atomic E-state index is 11.5. The molecule has 4 heteroatoms. The Bertz CT molecular complexity index is 519. The summed E-state index contributed by atoms with van der Waals surface area (Å²) in [6.45, 7) is 0. The molecule has 1 N–H and O–H groups in total. The summed E-state index contributed by atoms with van der Waals surface area (Å²) < 4.78 is 9.85. The van der Waals surface area contributed by atoms with Crippen LogP contribution in [0.15, 0.2) is 51.9 Å². The maximum Gasteiger partial charge on any atom is 0.363 e. The Hall–Kier alpha value is -2.23. The van der Waals surface area contributed by atoms with Crippen molar-refractivity contribution >= 4 is 11.4 Å². The van der Waals surface area contributed by atoms with Crippen molar-refractivity contribution in [1.82, 2.24) is 0 Å².